The number of rotatable bonds is 4. The van der Waals surface area contributed by atoms with Gasteiger partial charge in [0.1, 0.15) is 13.7 Å². The van der Waals surface area contributed by atoms with Crippen LogP contribution in [0.25, 0.3) is 0 Å². The van der Waals surface area contributed by atoms with E-state index in [9.17, 15) is 10.2 Å². The van der Waals surface area contributed by atoms with Gasteiger partial charge in [0.2, 0.25) is 5.69 Å². The molecule has 1 N–H and O–H groups in total. The van der Waals surface area contributed by atoms with Crippen molar-refractivity contribution in [3.05, 3.63) is 24.0 Å². The standard InChI is InChI=1S/C16H25NO4/c1-10-11(2)15(8-18)21-16(12(10)3)20-9-13-5-6-14(19)7-17(13)4/h5-7,10-12,15-16,18H,8-9H2,1-4H3/t10-,11-,12+,15+,16-/m0/s1. The number of aliphatic hydroxyl groups excluding tert-OH is 1. The van der Waals surface area contributed by atoms with Crippen LogP contribution in [0.2, 0.25) is 0 Å². The molecule has 1 fully saturated rings. The predicted molar refractivity (Wildman–Crippen MR) is 75.1 cm³/mol. The lowest BCUT2D eigenvalue weighted by molar-refractivity contribution is -0.684. The van der Waals surface area contributed by atoms with E-state index in [1.807, 2.05) is 7.05 Å². The van der Waals surface area contributed by atoms with Gasteiger partial charge < -0.3 is 19.7 Å². The summed E-state index contributed by atoms with van der Waals surface area (Å²) in [4.78, 5) is 0. The SMILES string of the molecule is C[C@@H]1[C@@H](C)[C@@H](OCc2ccc([O-])c[n+]2C)O[C@H](CO)[C@H]1C. The summed E-state index contributed by atoms with van der Waals surface area (Å²) in [7, 11) is 1.83. The Hall–Kier alpha value is -1.17. The highest BCUT2D eigenvalue weighted by molar-refractivity contribution is 5.11. The number of nitrogens with zero attached hydrogens (tertiary/aromatic N) is 1. The van der Waals surface area contributed by atoms with Crippen LogP contribution in [0.3, 0.4) is 0 Å². The molecule has 21 heavy (non-hydrogen) atoms. The minimum Gasteiger partial charge on any atom is -0.868 e. The Bertz CT molecular complexity index is 477. The van der Waals surface area contributed by atoms with Crippen molar-refractivity contribution < 1.29 is 24.3 Å². The van der Waals surface area contributed by atoms with E-state index in [0.29, 0.717) is 18.4 Å². The number of aliphatic hydroxyl groups is 1. The summed E-state index contributed by atoms with van der Waals surface area (Å²) in [6, 6.07) is 3.30. The zero-order valence-corrected chi connectivity index (χ0v) is 13.2. The first-order valence-corrected chi connectivity index (χ1v) is 7.47. The van der Waals surface area contributed by atoms with Gasteiger partial charge in [0.05, 0.1) is 12.7 Å². The Balaban J connectivity index is 2.01. The molecule has 1 aliphatic rings. The smallest absolute Gasteiger partial charge is 0.207 e. The molecule has 0 spiro atoms. The van der Waals surface area contributed by atoms with Gasteiger partial charge in [0.25, 0.3) is 0 Å². The van der Waals surface area contributed by atoms with Crippen molar-refractivity contribution in [1.29, 1.82) is 0 Å². The van der Waals surface area contributed by atoms with Gasteiger partial charge in [0.15, 0.2) is 12.5 Å². The van der Waals surface area contributed by atoms with E-state index in [0.717, 1.165) is 5.69 Å². The summed E-state index contributed by atoms with van der Waals surface area (Å²) in [6.45, 7) is 6.77. The molecule has 0 aromatic carbocycles. The minimum absolute atomic E-state index is 0.0107. The molecule has 0 unspecified atom stereocenters. The van der Waals surface area contributed by atoms with Crippen molar-refractivity contribution in [3.8, 4) is 5.75 Å². The van der Waals surface area contributed by atoms with Crippen molar-refractivity contribution in [3.63, 3.8) is 0 Å². The highest BCUT2D eigenvalue weighted by Gasteiger charge is 2.39. The highest BCUT2D eigenvalue weighted by atomic mass is 16.7. The molecule has 2 heterocycles. The maximum Gasteiger partial charge on any atom is 0.207 e. The Morgan fingerprint density at radius 1 is 1.24 bits per heavy atom. The topological polar surface area (TPSA) is 65.6 Å². The van der Waals surface area contributed by atoms with E-state index in [-0.39, 0.29) is 30.7 Å². The van der Waals surface area contributed by atoms with Crippen LogP contribution in [0.1, 0.15) is 26.5 Å². The third-order valence-electron chi connectivity index (χ3n) is 4.77. The average molecular weight is 295 g/mol. The molecular weight excluding hydrogens is 270 g/mol. The van der Waals surface area contributed by atoms with Gasteiger partial charge in [-0.25, -0.2) is 4.57 Å². The van der Waals surface area contributed by atoms with Crippen molar-refractivity contribution in [2.24, 2.45) is 24.8 Å². The molecule has 5 heteroatoms. The average Bonchev–Trinajstić information content (AvgIpc) is 2.46. The number of aryl methyl sites for hydroxylation is 1. The van der Waals surface area contributed by atoms with Gasteiger partial charge in [0, 0.05) is 12.0 Å². The monoisotopic (exact) mass is 295 g/mol. The van der Waals surface area contributed by atoms with Crippen molar-refractivity contribution in [2.45, 2.75) is 39.8 Å². The Morgan fingerprint density at radius 2 is 1.95 bits per heavy atom. The van der Waals surface area contributed by atoms with Crippen LogP contribution in [0.15, 0.2) is 18.3 Å². The second kappa shape index (κ2) is 6.73. The molecule has 2 rings (SSSR count). The fourth-order valence-corrected chi connectivity index (χ4v) is 2.82. The first-order valence-electron chi connectivity index (χ1n) is 7.47. The zero-order valence-electron chi connectivity index (χ0n) is 13.2. The largest absolute Gasteiger partial charge is 0.868 e. The van der Waals surface area contributed by atoms with Gasteiger partial charge in [-0.2, -0.15) is 0 Å². The van der Waals surface area contributed by atoms with Crippen LogP contribution >= 0.6 is 0 Å². The lowest BCUT2D eigenvalue weighted by atomic mass is 9.79. The molecule has 1 saturated heterocycles. The van der Waals surface area contributed by atoms with Crippen LogP contribution in [0.5, 0.6) is 5.75 Å². The summed E-state index contributed by atoms with van der Waals surface area (Å²) in [5.41, 5.74) is 0.914. The minimum atomic E-state index is -0.333. The predicted octanol–water partition coefficient (Wildman–Crippen LogP) is 0.727. The van der Waals surface area contributed by atoms with E-state index in [4.69, 9.17) is 9.47 Å². The number of pyridine rings is 1. The Kier molecular flexibility index (Phi) is 5.19. The second-order valence-electron chi connectivity index (χ2n) is 6.08. The normalized spacial score (nSPS) is 33.1. The second-order valence-corrected chi connectivity index (χ2v) is 6.08. The van der Waals surface area contributed by atoms with Crippen molar-refractivity contribution >= 4 is 0 Å². The lowest BCUT2D eigenvalue weighted by Gasteiger charge is -2.42. The molecule has 0 aliphatic carbocycles. The molecule has 1 aromatic rings. The molecule has 0 bridgehead atoms. The summed E-state index contributed by atoms with van der Waals surface area (Å²) in [5.74, 6) is 0.956. The van der Waals surface area contributed by atoms with Gasteiger partial charge in [-0.3, -0.25) is 0 Å². The van der Waals surface area contributed by atoms with Crippen molar-refractivity contribution in [2.75, 3.05) is 6.61 Å². The Labute approximate surface area is 126 Å². The summed E-state index contributed by atoms with van der Waals surface area (Å²) < 4.78 is 13.5. The number of aromatic nitrogens is 1. The lowest BCUT2D eigenvalue weighted by Crippen LogP contribution is -2.47. The maximum absolute atomic E-state index is 11.2. The Morgan fingerprint density at radius 3 is 2.57 bits per heavy atom. The fourth-order valence-electron chi connectivity index (χ4n) is 2.82. The van der Waals surface area contributed by atoms with Crippen LogP contribution in [0.4, 0.5) is 0 Å². The summed E-state index contributed by atoms with van der Waals surface area (Å²) >= 11 is 0. The summed E-state index contributed by atoms with van der Waals surface area (Å²) in [6.07, 6.45) is 1.02. The number of hydrogen-bond donors (Lipinski definition) is 1. The molecule has 5 nitrogen and oxygen atoms in total. The van der Waals surface area contributed by atoms with Gasteiger partial charge in [-0.15, -0.1) is 0 Å². The molecular formula is C16H25NO4. The van der Waals surface area contributed by atoms with Crippen molar-refractivity contribution in [1.82, 2.24) is 0 Å². The first-order chi connectivity index (χ1) is 9.93. The molecule has 0 saturated carbocycles. The van der Waals surface area contributed by atoms with Crippen LogP contribution < -0.4 is 9.67 Å². The number of hydrogen-bond acceptors (Lipinski definition) is 4. The van der Waals surface area contributed by atoms with Gasteiger partial charge in [-0.05, 0) is 17.6 Å². The highest BCUT2D eigenvalue weighted by Crippen LogP contribution is 2.35. The molecule has 1 aromatic heterocycles. The number of ether oxygens (including phenoxy) is 2. The molecule has 5 atom stereocenters. The third-order valence-corrected chi connectivity index (χ3v) is 4.77. The van der Waals surface area contributed by atoms with Crippen LogP contribution in [-0.4, -0.2) is 24.1 Å². The molecule has 0 amide bonds. The fraction of sp³-hybridized carbons (Fsp3) is 0.688. The molecule has 0 radical (unpaired) electrons. The maximum atomic E-state index is 11.2. The van der Waals surface area contributed by atoms with Gasteiger partial charge >= 0.3 is 0 Å². The zero-order chi connectivity index (χ0) is 15.6. The van der Waals surface area contributed by atoms with E-state index in [1.165, 1.54) is 12.3 Å². The van der Waals surface area contributed by atoms with Crippen LogP contribution in [-0.2, 0) is 23.1 Å². The van der Waals surface area contributed by atoms with Crippen LogP contribution in [0, 0.1) is 17.8 Å². The van der Waals surface area contributed by atoms with E-state index in [2.05, 4.69) is 20.8 Å². The third kappa shape index (κ3) is 3.54. The van der Waals surface area contributed by atoms with Gasteiger partial charge in [-0.1, -0.05) is 26.8 Å². The van der Waals surface area contributed by atoms with E-state index in [1.54, 1.807) is 10.6 Å². The molecule has 118 valence electrons. The summed E-state index contributed by atoms with van der Waals surface area (Å²) in [5, 5.41) is 20.7. The first kappa shape index (κ1) is 16.2. The quantitative estimate of drug-likeness (QED) is 0.832. The molecule has 1 aliphatic heterocycles. The van der Waals surface area contributed by atoms with E-state index < -0.39 is 0 Å². The van der Waals surface area contributed by atoms with E-state index >= 15 is 0 Å².